The molecule has 5 aromatic rings. The smallest absolute Gasteiger partial charge is 0.442 e. The summed E-state index contributed by atoms with van der Waals surface area (Å²) in [5.41, 5.74) is -1.22. The predicted octanol–water partition coefficient (Wildman–Crippen LogP) is 12.3. The lowest BCUT2D eigenvalue weighted by molar-refractivity contribution is 0.00578. The lowest BCUT2D eigenvalue weighted by Gasteiger charge is -2.32. The number of ether oxygens (including phenoxy) is 2. The highest BCUT2D eigenvalue weighted by Crippen LogP contribution is 2.36. The third-order valence-electron chi connectivity index (χ3n) is 14.4. The molecule has 21 nitrogen and oxygen atoms in total. The molecule has 32 heteroatoms. The Hall–Kier alpha value is -3.21. The van der Waals surface area contributed by atoms with Crippen LogP contribution < -0.4 is 30.4 Å². The number of carbonyl (C=O) groups is 2. The van der Waals surface area contributed by atoms with E-state index in [-0.39, 0.29) is 0 Å². The highest BCUT2D eigenvalue weighted by Gasteiger charge is 2.52. The zero-order valence-electron chi connectivity index (χ0n) is 54.4. The van der Waals surface area contributed by atoms with Crippen LogP contribution in [0.1, 0.15) is 69.2 Å². The first kappa shape index (κ1) is 78.8. The van der Waals surface area contributed by atoms with Crippen LogP contribution in [0.3, 0.4) is 0 Å². The van der Waals surface area contributed by atoms with Gasteiger partial charge in [0.15, 0.2) is 0 Å². The molecule has 1 N–H and O–H groups in total. The number of amides is 2. The van der Waals surface area contributed by atoms with E-state index in [0.29, 0.717) is 54.3 Å². The predicted molar refractivity (Wildman–Crippen MR) is 400 cm³/mol. The number of nitrogens with zero attached hydrogens (tertiary/aromatic N) is 11. The molecule has 512 valence electrons. The second-order valence-electron chi connectivity index (χ2n) is 24.6. The molecule has 0 aliphatic carbocycles. The summed E-state index contributed by atoms with van der Waals surface area (Å²) in [6.07, 6.45) is 7.29. The molecule has 2 amide bonds. The largest absolute Gasteiger partial charge is 0.496 e. The Bertz CT molecular complexity index is 3370. The monoisotopic (exact) mass is 1650 g/mol. The SMILES string of the molecule is Brc1ccc(N2CCSCC2)nc1.C1CSCCN1.CC(C)(C)OC(=O)N=S1(=O)CCN(c2ccc(B3OC(C)(C)C(C)(C)O3)cn2)CC1.CC(C)(C)OC(=O)N=S1(=O)CCN(c2ccc(Br)cn2)CC1.Clc1ccc(Br)cn1.O=S1CCN(c2ccc(Br)cn2)CC1. The molecule has 0 saturated carbocycles. The lowest BCUT2D eigenvalue weighted by Crippen LogP contribution is -2.41. The summed E-state index contributed by atoms with van der Waals surface area (Å²) in [5, 5.41) is 3.79. The first-order valence-corrected chi connectivity index (χ1v) is 41.4. The van der Waals surface area contributed by atoms with Crippen molar-refractivity contribution in [2.75, 3.05) is 143 Å². The number of carbonyl (C=O) groups excluding carboxylic acids is 2. The molecule has 11 rings (SSSR count). The van der Waals surface area contributed by atoms with Gasteiger partial charge in [0, 0.05) is 165 Å². The Morgan fingerprint density at radius 3 is 1.19 bits per heavy atom. The molecule has 6 aliphatic rings. The molecule has 6 saturated heterocycles. The average Bonchev–Trinajstić information content (AvgIpc) is 1.64. The van der Waals surface area contributed by atoms with E-state index < -0.39 is 72.0 Å². The first-order valence-electron chi connectivity index (χ1n) is 30.3. The lowest BCUT2D eigenvalue weighted by atomic mass is 9.80. The molecule has 5 aromatic heterocycles. The van der Waals surface area contributed by atoms with E-state index in [9.17, 15) is 22.2 Å². The number of anilines is 4. The van der Waals surface area contributed by atoms with Crippen LogP contribution in [0.5, 0.6) is 0 Å². The Kier molecular flexibility index (Phi) is 31.4. The van der Waals surface area contributed by atoms with Gasteiger partial charge in [-0.05, 0) is 188 Å². The Morgan fingerprint density at radius 1 is 0.548 bits per heavy atom. The minimum atomic E-state index is -2.61. The molecular weight excluding hydrogens is 1570 g/mol. The number of hydrogen-bond donors (Lipinski definition) is 1. The second-order valence-corrected chi connectivity index (χ2v) is 37.9. The van der Waals surface area contributed by atoms with Gasteiger partial charge in [0.2, 0.25) is 0 Å². The Labute approximate surface area is 600 Å². The number of hydrogen-bond acceptors (Lipinski definition) is 21. The first-order chi connectivity index (χ1) is 43.8. The number of nitrogens with one attached hydrogen (secondary N) is 1. The van der Waals surface area contributed by atoms with Crippen molar-refractivity contribution in [2.45, 2.75) is 91.6 Å². The van der Waals surface area contributed by atoms with Crippen LogP contribution in [0.25, 0.3) is 0 Å². The summed E-state index contributed by atoms with van der Waals surface area (Å²) in [7, 11) is -6.22. The molecule has 0 spiro atoms. The van der Waals surface area contributed by atoms with Crippen LogP contribution >= 0.6 is 98.8 Å². The Balaban J connectivity index is 0.000000190. The highest BCUT2D eigenvalue weighted by atomic mass is 79.9. The molecule has 6 aliphatic heterocycles. The third-order valence-corrected chi connectivity index (χ3v) is 24.0. The molecule has 6 fully saturated rings. The minimum Gasteiger partial charge on any atom is -0.442 e. The fourth-order valence-electron chi connectivity index (χ4n) is 8.81. The standard InChI is InChI=1S/C20H32BN3O5S.C14H20BrN3O3S.C9H11BrN2OS.C9H11BrN2S.C5H3BrClN.C4H9NS/c1-18(2,3)27-17(25)23-30(26)12-10-24(11-13-30)16-9-8-15(14-22-16)21-28-19(4,5)20(6,7)29-21;1-14(2,3)21-13(19)17-22(20)8-6-18(7-9-22)12-5-4-11(15)10-16-12;10-8-1-2-9(11-7-8)12-3-5-14(13)6-4-12;10-8-1-2-9(11-7-8)12-3-5-13-6-4-12;6-4-1-2-5(7)8-3-4;1-3-6-4-2-5-1/h8-9,14H,10-13H2,1-7H3;4-5,10H,6-9H2,1-3H3;1-2,7H,3-6H2;1-2,7H,3-6H2;1-3H;5H,1-4H2. The van der Waals surface area contributed by atoms with Gasteiger partial charge in [-0.25, -0.2) is 42.9 Å². The van der Waals surface area contributed by atoms with Crippen LogP contribution in [0.2, 0.25) is 5.15 Å². The van der Waals surface area contributed by atoms with E-state index in [2.05, 4.69) is 119 Å². The van der Waals surface area contributed by atoms with Gasteiger partial charge in [0.05, 0.1) is 53.7 Å². The molecular formula is C61H86BBr4ClN12O9S5. The van der Waals surface area contributed by atoms with Gasteiger partial charge in [-0.3, -0.25) is 4.21 Å². The molecule has 0 aromatic carbocycles. The van der Waals surface area contributed by atoms with Gasteiger partial charge in [-0.15, -0.1) is 8.73 Å². The molecule has 93 heavy (non-hydrogen) atoms. The number of pyridine rings is 5. The number of halogens is 5. The van der Waals surface area contributed by atoms with E-state index >= 15 is 0 Å². The van der Waals surface area contributed by atoms with Crippen LogP contribution in [-0.2, 0) is 49.0 Å². The van der Waals surface area contributed by atoms with Crippen LogP contribution in [0, 0.1) is 0 Å². The van der Waals surface area contributed by atoms with Gasteiger partial charge in [-0.2, -0.15) is 23.5 Å². The van der Waals surface area contributed by atoms with Gasteiger partial charge in [-0.1, -0.05) is 17.7 Å². The molecule has 0 radical (unpaired) electrons. The fourth-order valence-corrected chi connectivity index (χ4v) is 16.0. The van der Waals surface area contributed by atoms with E-state index in [1.165, 1.54) is 36.1 Å². The second kappa shape index (κ2) is 37.1. The van der Waals surface area contributed by atoms with Crippen molar-refractivity contribution in [3.63, 3.8) is 0 Å². The Morgan fingerprint density at radius 2 is 0.892 bits per heavy atom. The highest BCUT2D eigenvalue weighted by molar-refractivity contribution is 9.11. The quantitative estimate of drug-likeness (QED) is 0.127. The van der Waals surface area contributed by atoms with Crippen LogP contribution in [-0.4, -0.2) is 202 Å². The third kappa shape index (κ3) is 28.3. The summed E-state index contributed by atoms with van der Waals surface area (Å²) >= 11 is 22.8. The van der Waals surface area contributed by atoms with E-state index in [0.717, 1.165) is 84.3 Å². The summed E-state index contributed by atoms with van der Waals surface area (Å²) < 4.78 is 70.6. The van der Waals surface area contributed by atoms with Gasteiger partial charge in [0.25, 0.3) is 0 Å². The molecule has 0 bridgehead atoms. The van der Waals surface area contributed by atoms with Crippen LogP contribution in [0.4, 0.5) is 32.9 Å². The number of aromatic nitrogens is 5. The van der Waals surface area contributed by atoms with Crippen LogP contribution in [0.15, 0.2) is 118 Å². The van der Waals surface area contributed by atoms with Crippen molar-refractivity contribution in [1.82, 2.24) is 30.2 Å². The molecule has 11 heterocycles. The van der Waals surface area contributed by atoms with E-state index in [1.807, 2.05) is 116 Å². The van der Waals surface area contributed by atoms with Crippen molar-refractivity contribution in [2.24, 2.45) is 8.73 Å². The maximum absolute atomic E-state index is 12.9. The normalized spacial score (nSPS) is 19.1. The van der Waals surface area contributed by atoms with Crippen molar-refractivity contribution < 1.29 is 41.0 Å². The summed E-state index contributed by atoms with van der Waals surface area (Å²) in [4.78, 5) is 53.6. The average molecular weight is 1660 g/mol. The number of rotatable bonds is 5. The maximum Gasteiger partial charge on any atom is 0.496 e. The molecule has 0 atom stereocenters. The minimum absolute atomic E-state index is 0.299. The molecule has 0 unspecified atom stereocenters. The fraction of sp³-hybridized carbons (Fsp3) is 0.557. The zero-order chi connectivity index (χ0) is 68.0. The van der Waals surface area contributed by atoms with Gasteiger partial charge in [0.1, 0.15) is 39.6 Å². The van der Waals surface area contributed by atoms with E-state index in [4.69, 9.17) is 30.4 Å². The maximum atomic E-state index is 12.9. The van der Waals surface area contributed by atoms with Crippen molar-refractivity contribution >= 4 is 177 Å². The van der Waals surface area contributed by atoms with E-state index in [1.54, 1.807) is 72.4 Å². The van der Waals surface area contributed by atoms with Crippen molar-refractivity contribution in [3.8, 4) is 0 Å². The summed E-state index contributed by atoms with van der Waals surface area (Å²) in [5.74, 6) is 11.5. The summed E-state index contributed by atoms with van der Waals surface area (Å²) in [6, 6.07) is 19.3. The van der Waals surface area contributed by atoms with Gasteiger partial charge >= 0.3 is 19.3 Å². The summed E-state index contributed by atoms with van der Waals surface area (Å²) in [6.45, 7) is 27.1. The zero-order valence-corrected chi connectivity index (χ0v) is 65.6. The topological polar surface area (TPSA) is 236 Å². The number of thioether (sulfide) groups is 2. The van der Waals surface area contributed by atoms with Crippen molar-refractivity contribution in [1.29, 1.82) is 0 Å². The van der Waals surface area contributed by atoms with Gasteiger partial charge < -0.3 is 43.7 Å². The van der Waals surface area contributed by atoms with Crippen molar-refractivity contribution in [3.05, 3.63) is 115 Å².